The van der Waals surface area contributed by atoms with Gasteiger partial charge in [0.25, 0.3) is 10.0 Å². The van der Waals surface area contributed by atoms with Crippen LogP contribution in [0, 0.1) is 5.41 Å². The molecule has 1 aliphatic heterocycles. The number of hydrogen-bond acceptors (Lipinski definition) is 7. The van der Waals surface area contributed by atoms with Crippen LogP contribution in [0.15, 0.2) is 82.6 Å². The molecule has 0 bridgehead atoms. The van der Waals surface area contributed by atoms with Gasteiger partial charge in [0.15, 0.2) is 0 Å². The van der Waals surface area contributed by atoms with Gasteiger partial charge in [-0.25, -0.2) is 31.6 Å². The van der Waals surface area contributed by atoms with Crippen LogP contribution in [0.5, 0.6) is 0 Å². The molecule has 0 aromatic heterocycles. The van der Waals surface area contributed by atoms with Gasteiger partial charge in [-0.3, -0.25) is 10.1 Å². The third kappa shape index (κ3) is 7.50. The first-order chi connectivity index (χ1) is 19.3. The number of carbonyl (C=O) groups excluding carboxylic acids is 1. The molecule has 3 amide bonds. The molecule has 1 fully saturated rings. The molecule has 16 heteroatoms. The van der Waals surface area contributed by atoms with Crippen molar-refractivity contribution in [3.63, 3.8) is 0 Å². The second-order valence-corrected chi connectivity index (χ2v) is 12.2. The van der Waals surface area contributed by atoms with E-state index in [0.29, 0.717) is 43.1 Å². The first-order valence-electron chi connectivity index (χ1n) is 12.1. The van der Waals surface area contributed by atoms with Crippen LogP contribution < -0.4 is 20.5 Å². The Morgan fingerprint density at radius 1 is 0.756 bits per heavy atom. The highest BCUT2D eigenvalue weighted by Crippen LogP contribution is 2.20. The predicted octanol–water partition coefficient (Wildman–Crippen LogP) is 2.40. The summed E-state index contributed by atoms with van der Waals surface area (Å²) >= 11 is 0. The summed E-state index contributed by atoms with van der Waals surface area (Å²) in [5.74, 6) is 0.213. The van der Waals surface area contributed by atoms with Gasteiger partial charge < -0.3 is 25.5 Å². The quantitative estimate of drug-likeness (QED) is 0.174. The van der Waals surface area contributed by atoms with E-state index in [1.54, 1.807) is 29.2 Å². The summed E-state index contributed by atoms with van der Waals surface area (Å²) in [6, 6.07) is 16.4. The van der Waals surface area contributed by atoms with Gasteiger partial charge in [-0.05, 0) is 60.7 Å². The number of rotatable bonds is 7. The number of nitrogens with zero attached hydrogens (tertiary/aromatic N) is 2. The number of carbonyl (C=O) groups is 2. The number of urea groups is 1. The second-order valence-electron chi connectivity index (χ2n) is 8.96. The average molecular weight is 602 g/mol. The van der Waals surface area contributed by atoms with E-state index >= 15 is 0 Å². The molecule has 0 spiro atoms. The first-order valence-corrected chi connectivity index (χ1v) is 15.1. The van der Waals surface area contributed by atoms with E-state index in [0.717, 1.165) is 0 Å². The highest BCUT2D eigenvalue weighted by Gasteiger charge is 2.23. The normalized spacial score (nSPS) is 13.8. The molecule has 0 unspecified atom stereocenters. The van der Waals surface area contributed by atoms with Crippen molar-refractivity contribution in [1.29, 1.82) is 5.41 Å². The van der Waals surface area contributed by atoms with Gasteiger partial charge in [-0.1, -0.05) is 12.1 Å². The number of amidine groups is 1. The zero-order chi connectivity index (χ0) is 29.8. The Bertz CT molecular complexity index is 1670. The van der Waals surface area contributed by atoms with Crippen LogP contribution in [-0.4, -0.2) is 75.9 Å². The predicted molar refractivity (Wildman–Crippen MR) is 152 cm³/mol. The molecule has 3 aromatic rings. The monoisotopic (exact) mass is 601 g/mol. The molecular formula is C25H27N7O7S2. The van der Waals surface area contributed by atoms with Gasteiger partial charge in [0.2, 0.25) is 10.0 Å². The average Bonchev–Trinajstić information content (AvgIpc) is 2.92. The maximum atomic E-state index is 12.7. The van der Waals surface area contributed by atoms with Crippen molar-refractivity contribution < 1.29 is 31.5 Å². The van der Waals surface area contributed by atoms with Crippen molar-refractivity contribution >= 4 is 55.1 Å². The summed E-state index contributed by atoms with van der Waals surface area (Å²) in [4.78, 5) is 26.5. The molecule has 0 saturated carbocycles. The van der Waals surface area contributed by atoms with Crippen LogP contribution in [0.3, 0.4) is 0 Å². The van der Waals surface area contributed by atoms with E-state index in [1.807, 2.05) is 0 Å². The van der Waals surface area contributed by atoms with Crippen molar-refractivity contribution in [2.75, 3.05) is 41.5 Å². The van der Waals surface area contributed by atoms with E-state index < -0.39 is 32.2 Å². The second kappa shape index (κ2) is 11.8. The molecule has 0 radical (unpaired) electrons. The molecule has 7 N–H and O–H groups in total. The number of nitrogens with two attached hydrogens (primary N) is 1. The fourth-order valence-electron chi connectivity index (χ4n) is 3.99. The van der Waals surface area contributed by atoms with Gasteiger partial charge in [0.05, 0.1) is 9.79 Å². The molecule has 216 valence electrons. The highest BCUT2D eigenvalue weighted by atomic mass is 32.2. The lowest BCUT2D eigenvalue weighted by atomic mass is 10.1. The SMILES string of the molecule is N=C(c1cccc(NC(=O)Nc2ccc(S(=O)(=O)Nc3ccc(S(N)(=O)=O)cc3)cc2)c1)N1CCN(C(=O)O)CC1. The standard InChI is InChI=1S/C25H27N7O7S2/c26-23(31-12-14-32(15-13-31)25(34)35)17-2-1-3-20(16-17)29-24(33)28-18-4-10-22(11-5-18)41(38,39)30-19-6-8-21(9-7-19)40(27,36)37/h1-11,16,26,30H,12-15H2,(H,34,35)(H2,27,36,37)(H2,28,29,33). The lowest BCUT2D eigenvalue weighted by molar-refractivity contribution is 0.124. The zero-order valence-electron chi connectivity index (χ0n) is 21.4. The summed E-state index contributed by atoms with van der Waals surface area (Å²) < 4.78 is 50.5. The maximum absolute atomic E-state index is 12.7. The van der Waals surface area contributed by atoms with E-state index in [4.69, 9.17) is 15.7 Å². The molecule has 1 saturated heterocycles. The molecule has 4 rings (SSSR count). The van der Waals surface area contributed by atoms with Gasteiger partial charge >= 0.3 is 12.1 Å². The smallest absolute Gasteiger partial charge is 0.407 e. The largest absolute Gasteiger partial charge is 0.465 e. The molecule has 1 heterocycles. The third-order valence-electron chi connectivity index (χ3n) is 6.12. The molecule has 14 nitrogen and oxygen atoms in total. The van der Waals surface area contributed by atoms with E-state index in [-0.39, 0.29) is 21.3 Å². The fourth-order valence-corrected chi connectivity index (χ4v) is 5.56. The number of amides is 3. The Labute approximate surface area is 236 Å². The Morgan fingerprint density at radius 3 is 1.88 bits per heavy atom. The third-order valence-corrected chi connectivity index (χ3v) is 8.44. The Balaban J connectivity index is 1.34. The fraction of sp³-hybridized carbons (Fsp3) is 0.160. The topological polar surface area (TPSA) is 215 Å². The van der Waals surface area contributed by atoms with Gasteiger partial charge in [-0.2, -0.15) is 0 Å². The lowest BCUT2D eigenvalue weighted by Crippen LogP contribution is -2.50. The highest BCUT2D eigenvalue weighted by molar-refractivity contribution is 7.92. The Kier molecular flexibility index (Phi) is 8.46. The molecule has 41 heavy (non-hydrogen) atoms. The summed E-state index contributed by atoms with van der Waals surface area (Å²) in [6.45, 7) is 1.36. The molecule has 1 aliphatic rings. The van der Waals surface area contributed by atoms with Crippen LogP contribution >= 0.6 is 0 Å². The Hall–Kier alpha value is -4.67. The van der Waals surface area contributed by atoms with Crippen molar-refractivity contribution in [3.8, 4) is 0 Å². The van der Waals surface area contributed by atoms with E-state index in [2.05, 4.69) is 15.4 Å². The van der Waals surface area contributed by atoms with Crippen LogP contribution in [-0.2, 0) is 20.0 Å². The van der Waals surface area contributed by atoms with Crippen molar-refractivity contribution in [3.05, 3.63) is 78.4 Å². The van der Waals surface area contributed by atoms with Gasteiger partial charge in [0, 0.05) is 48.8 Å². The van der Waals surface area contributed by atoms with Crippen molar-refractivity contribution in [1.82, 2.24) is 9.80 Å². The van der Waals surface area contributed by atoms with Crippen LogP contribution in [0.2, 0.25) is 0 Å². The number of nitrogens with one attached hydrogen (secondary N) is 4. The molecule has 0 aliphatic carbocycles. The summed E-state index contributed by atoms with van der Waals surface area (Å²) in [5, 5.41) is 27.9. The zero-order valence-corrected chi connectivity index (χ0v) is 23.1. The number of benzene rings is 3. The summed E-state index contributed by atoms with van der Waals surface area (Å²) in [5.41, 5.74) is 1.43. The number of sulfonamides is 2. The number of anilines is 3. The van der Waals surface area contributed by atoms with E-state index in [1.165, 1.54) is 53.4 Å². The van der Waals surface area contributed by atoms with Crippen molar-refractivity contribution in [2.24, 2.45) is 5.14 Å². The molecule has 0 atom stereocenters. The van der Waals surface area contributed by atoms with Crippen LogP contribution in [0.4, 0.5) is 26.7 Å². The minimum atomic E-state index is -4.00. The summed E-state index contributed by atoms with van der Waals surface area (Å²) in [7, 11) is -7.91. The number of piperazine rings is 1. The molecular weight excluding hydrogens is 574 g/mol. The lowest BCUT2D eigenvalue weighted by Gasteiger charge is -2.34. The Morgan fingerprint density at radius 2 is 1.29 bits per heavy atom. The van der Waals surface area contributed by atoms with Gasteiger partial charge in [-0.15, -0.1) is 0 Å². The number of hydrogen-bond donors (Lipinski definition) is 6. The molecule has 3 aromatic carbocycles. The van der Waals surface area contributed by atoms with Gasteiger partial charge in [0.1, 0.15) is 5.84 Å². The minimum absolute atomic E-state index is 0.0885. The summed E-state index contributed by atoms with van der Waals surface area (Å²) in [6.07, 6.45) is -0.989. The minimum Gasteiger partial charge on any atom is -0.465 e. The number of carboxylic acid groups (broad SMARTS) is 1. The van der Waals surface area contributed by atoms with E-state index in [9.17, 15) is 26.4 Å². The van der Waals surface area contributed by atoms with Crippen LogP contribution in [0.25, 0.3) is 0 Å². The van der Waals surface area contributed by atoms with Crippen LogP contribution in [0.1, 0.15) is 5.56 Å². The maximum Gasteiger partial charge on any atom is 0.407 e. The first kappa shape index (κ1) is 29.3. The number of primary sulfonamides is 1. The van der Waals surface area contributed by atoms with Crippen molar-refractivity contribution in [2.45, 2.75) is 9.79 Å².